The number of amides is 1. The molecule has 3 rings (SSSR count). The predicted molar refractivity (Wildman–Crippen MR) is 92.2 cm³/mol. The van der Waals surface area contributed by atoms with Crippen LogP contribution in [0.25, 0.3) is 0 Å². The topological polar surface area (TPSA) is 37.3 Å². The number of nitrogens with zero attached hydrogens (tertiary/aromatic N) is 2. The van der Waals surface area contributed by atoms with Gasteiger partial charge in [0.25, 0.3) is 0 Å². The Morgan fingerprint density at radius 1 is 1.41 bits per heavy atom. The zero-order chi connectivity index (χ0) is 15.7. The molecule has 4 nitrogen and oxygen atoms in total. The van der Waals surface area contributed by atoms with Crippen LogP contribution in [0.1, 0.15) is 18.7 Å². The second kappa shape index (κ2) is 6.44. The van der Waals surface area contributed by atoms with E-state index in [1.165, 1.54) is 5.69 Å². The molecule has 2 heterocycles. The van der Waals surface area contributed by atoms with Crippen molar-refractivity contribution in [3.05, 3.63) is 51.7 Å². The molecule has 0 fully saturated rings. The lowest BCUT2D eigenvalue weighted by Crippen LogP contribution is -2.41. The van der Waals surface area contributed by atoms with Crippen molar-refractivity contribution in [1.82, 2.24) is 9.47 Å². The molecule has 1 amide bonds. The van der Waals surface area contributed by atoms with Gasteiger partial charge in [-0.15, -0.1) is 0 Å². The van der Waals surface area contributed by atoms with Crippen LogP contribution >= 0.6 is 27.5 Å². The first-order chi connectivity index (χ1) is 10.5. The van der Waals surface area contributed by atoms with Crippen molar-refractivity contribution < 1.29 is 4.79 Å². The Labute approximate surface area is 143 Å². The summed E-state index contributed by atoms with van der Waals surface area (Å²) in [7, 11) is 0. The fourth-order valence-electron chi connectivity index (χ4n) is 2.81. The van der Waals surface area contributed by atoms with E-state index >= 15 is 0 Å². The first-order valence-electron chi connectivity index (χ1n) is 7.18. The van der Waals surface area contributed by atoms with E-state index in [0.29, 0.717) is 17.3 Å². The van der Waals surface area contributed by atoms with Gasteiger partial charge in [-0.2, -0.15) is 0 Å². The summed E-state index contributed by atoms with van der Waals surface area (Å²) >= 11 is 9.49. The second-order valence-electron chi connectivity index (χ2n) is 5.45. The van der Waals surface area contributed by atoms with Crippen molar-refractivity contribution in [3.8, 4) is 0 Å². The molecule has 1 aliphatic heterocycles. The van der Waals surface area contributed by atoms with Gasteiger partial charge in [-0.3, -0.25) is 9.69 Å². The van der Waals surface area contributed by atoms with E-state index in [1.54, 1.807) is 12.1 Å². The number of nitrogens with one attached hydrogen (secondary N) is 1. The summed E-state index contributed by atoms with van der Waals surface area (Å²) in [6, 6.07) is 9.83. The minimum absolute atomic E-state index is 0.0453. The van der Waals surface area contributed by atoms with Crippen LogP contribution < -0.4 is 5.32 Å². The minimum atomic E-state index is -0.0453. The van der Waals surface area contributed by atoms with Gasteiger partial charge in [-0.25, -0.2) is 0 Å². The molecule has 22 heavy (non-hydrogen) atoms. The highest BCUT2D eigenvalue weighted by molar-refractivity contribution is 9.10. The van der Waals surface area contributed by atoms with Gasteiger partial charge < -0.3 is 9.88 Å². The van der Waals surface area contributed by atoms with Crippen molar-refractivity contribution in [2.45, 2.75) is 19.5 Å². The Bertz CT molecular complexity index is 700. The Kier molecular flexibility index (Phi) is 4.57. The molecule has 2 aromatic rings. The lowest BCUT2D eigenvalue weighted by molar-refractivity contribution is -0.118. The van der Waals surface area contributed by atoms with Gasteiger partial charge in [0, 0.05) is 35.5 Å². The van der Waals surface area contributed by atoms with Crippen LogP contribution in [0.15, 0.2) is 41.0 Å². The molecule has 0 bridgehead atoms. The van der Waals surface area contributed by atoms with Crippen LogP contribution in [0, 0.1) is 0 Å². The Balaban J connectivity index is 1.65. The maximum atomic E-state index is 12.3. The maximum absolute atomic E-state index is 12.3. The number of hydrogen-bond acceptors (Lipinski definition) is 2. The Morgan fingerprint density at radius 3 is 3.00 bits per heavy atom. The van der Waals surface area contributed by atoms with Gasteiger partial charge in [-0.05, 0) is 37.3 Å². The number of fused-ring (bicyclic) bond motifs is 1. The summed E-state index contributed by atoms with van der Waals surface area (Å²) in [5, 5.41) is 3.41. The number of carbonyl (C=O) groups excluding carboxylic acids is 1. The van der Waals surface area contributed by atoms with Gasteiger partial charge in [-0.1, -0.05) is 27.5 Å². The lowest BCUT2D eigenvalue weighted by Gasteiger charge is -2.34. The number of anilines is 1. The van der Waals surface area contributed by atoms with E-state index in [9.17, 15) is 4.79 Å². The monoisotopic (exact) mass is 381 g/mol. The highest BCUT2D eigenvalue weighted by atomic mass is 79.9. The third-order valence-electron chi connectivity index (χ3n) is 4.02. The third-order valence-corrected chi connectivity index (χ3v) is 4.83. The van der Waals surface area contributed by atoms with Gasteiger partial charge in [0.15, 0.2) is 0 Å². The number of halogens is 2. The van der Waals surface area contributed by atoms with Crippen molar-refractivity contribution in [2.24, 2.45) is 0 Å². The van der Waals surface area contributed by atoms with E-state index in [-0.39, 0.29) is 11.9 Å². The quantitative estimate of drug-likeness (QED) is 0.873. The lowest BCUT2D eigenvalue weighted by atomic mass is 10.1. The summed E-state index contributed by atoms with van der Waals surface area (Å²) in [4.78, 5) is 14.5. The smallest absolute Gasteiger partial charge is 0.238 e. The van der Waals surface area contributed by atoms with Crippen molar-refractivity contribution in [2.75, 3.05) is 18.4 Å². The fourth-order valence-corrected chi connectivity index (χ4v) is 3.53. The summed E-state index contributed by atoms with van der Waals surface area (Å²) < 4.78 is 3.13. The molecule has 0 saturated heterocycles. The van der Waals surface area contributed by atoms with Crippen LogP contribution in [0.2, 0.25) is 5.02 Å². The fraction of sp³-hybridized carbons (Fsp3) is 0.312. The number of carbonyl (C=O) groups is 1. The zero-order valence-electron chi connectivity index (χ0n) is 12.2. The van der Waals surface area contributed by atoms with Gasteiger partial charge in [0.1, 0.15) is 0 Å². The van der Waals surface area contributed by atoms with Crippen LogP contribution in [0.5, 0.6) is 0 Å². The first-order valence-corrected chi connectivity index (χ1v) is 8.35. The number of hydrogen-bond donors (Lipinski definition) is 1. The molecule has 1 atom stereocenters. The molecule has 1 aliphatic rings. The molecule has 0 spiro atoms. The maximum Gasteiger partial charge on any atom is 0.238 e. The van der Waals surface area contributed by atoms with E-state index in [4.69, 9.17) is 11.6 Å². The molecule has 0 saturated carbocycles. The van der Waals surface area contributed by atoms with Gasteiger partial charge in [0.05, 0.1) is 17.3 Å². The van der Waals surface area contributed by atoms with E-state index in [0.717, 1.165) is 17.6 Å². The number of rotatable bonds is 3. The molecular weight excluding hydrogens is 366 g/mol. The molecule has 0 radical (unpaired) electrons. The van der Waals surface area contributed by atoms with Gasteiger partial charge >= 0.3 is 0 Å². The summed E-state index contributed by atoms with van der Waals surface area (Å²) in [5.74, 6) is -0.0453. The van der Waals surface area contributed by atoms with E-state index in [1.807, 2.05) is 6.07 Å². The van der Waals surface area contributed by atoms with Crippen molar-refractivity contribution >= 4 is 39.1 Å². The van der Waals surface area contributed by atoms with E-state index in [2.05, 4.69) is 56.0 Å². The molecule has 116 valence electrons. The number of aromatic nitrogens is 1. The summed E-state index contributed by atoms with van der Waals surface area (Å²) in [5.41, 5.74) is 1.89. The van der Waals surface area contributed by atoms with Crippen LogP contribution in [-0.2, 0) is 11.3 Å². The molecular formula is C16H17BrClN3O. The Morgan fingerprint density at radius 2 is 2.23 bits per heavy atom. The molecule has 1 aromatic heterocycles. The van der Waals surface area contributed by atoms with Gasteiger partial charge in [0.2, 0.25) is 5.91 Å². The number of benzene rings is 1. The summed E-state index contributed by atoms with van der Waals surface area (Å²) in [6.07, 6.45) is 2.09. The highest BCUT2D eigenvalue weighted by Crippen LogP contribution is 2.27. The normalized spacial score (nSPS) is 18.0. The van der Waals surface area contributed by atoms with Crippen LogP contribution in [0.3, 0.4) is 0 Å². The molecule has 1 aromatic carbocycles. The van der Waals surface area contributed by atoms with Crippen LogP contribution in [-0.4, -0.2) is 28.5 Å². The average Bonchev–Trinajstić information content (AvgIpc) is 2.94. The molecule has 1 N–H and O–H groups in total. The zero-order valence-corrected chi connectivity index (χ0v) is 14.6. The second-order valence-corrected chi connectivity index (χ2v) is 6.77. The summed E-state index contributed by atoms with van der Waals surface area (Å²) in [6.45, 7) is 4.27. The molecule has 1 unspecified atom stereocenters. The van der Waals surface area contributed by atoms with Crippen molar-refractivity contribution in [1.29, 1.82) is 0 Å². The average molecular weight is 383 g/mol. The third kappa shape index (κ3) is 3.21. The van der Waals surface area contributed by atoms with Crippen LogP contribution in [0.4, 0.5) is 5.69 Å². The predicted octanol–water partition coefficient (Wildman–Crippen LogP) is 3.92. The first kappa shape index (κ1) is 15.6. The molecule has 0 aliphatic carbocycles. The largest absolute Gasteiger partial charge is 0.349 e. The van der Waals surface area contributed by atoms with E-state index < -0.39 is 0 Å². The standard InChI is InChI=1S/C16H17BrClN3O/c1-11-15-3-2-6-20(15)7-8-21(11)10-16(22)19-14-5-4-12(17)9-13(14)18/h2-6,9,11H,7-8,10H2,1H3,(H,19,22). The SMILES string of the molecule is CC1c2cccn2CCN1CC(=O)Nc1ccc(Br)cc1Cl. The minimum Gasteiger partial charge on any atom is -0.349 e. The molecule has 6 heteroatoms. The Hall–Kier alpha value is -1.30. The van der Waals surface area contributed by atoms with Crippen molar-refractivity contribution in [3.63, 3.8) is 0 Å². The highest BCUT2D eigenvalue weighted by Gasteiger charge is 2.25.